The zero-order valence-electron chi connectivity index (χ0n) is 12.6. The Morgan fingerprint density at radius 2 is 2.00 bits per heavy atom. The number of benzene rings is 1. The number of carbonyl (C=O) groups is 1. The normalized spacial score (nSPS) is 10.8. The summed E-state index contributed by atoms with van der Waals surface area (Å²) in [5.74, 6) is 0.918. The Morgan fingerprint density at radius 1 is 1.30 bits per heavy atom. The van der Waals surface area contributed by atoms with Crippen LogP contribution in [0, 0.1) is 6.92 Å². The fourth-order valence-corrected chi connectivity index (χ4v) is 1.52. The molecule has 1 aromatic rings. The van der Waals surface area contributed by atoms with Gasteiger partial charge in [-0.1, -0.05) is 23.8 Å². The monoisotopic (exact) mass is 276 g/mol. The molecule has 1 amide bonds. The topological polar surface area (TPSA) is 41.6 Å². The van der Waals surface area contributed by atoms with Crippen LogP contribution in [0.4, 0.5) is 0 Å². The van der Waals surface area contributed by atoms with Gasteiger partial charge in [0.1, 0.15) is 5.75 Å². The van der Waals surface area contributed by atoms with E-state index < -0.39 is 0 Å². The molecule has 0 saturated heterocycles. The molecule has 0 aliphatic rings. The molecule has 0 saturated carbocycles. The van der Waals surface area contributed by atoms with Crippen LogP contribution in [0.3, 0.4) is 0 Å². The van der Waals surface area contributed by atoms with Gasteiger partial charge in [-0.25, -0.2) is 0 Å². The van der Waals surface area contributed by atoms with Crippen LogP contribution in [0.1, 0.15) is 12.0 Å². The Morgan fingerprint density at radius 3 is 2.65 bits per heavy atom. The summed E-state index contributed by atoms with van der Waals surface area (Å²) >= 11 is 0. The smallest absolute Gasteiger partial charge is 0.245 e. The number of hydrogen-bond donors (Lipinski definition) is 1. The lowest BCUT2D eigenvalue weighted by atomic mass is 10.2. The third-order valence-electron chi connectivity index (χ3n) is 2.75. The lowest BCUT2D eigenvalue weighted by molar-refractivity contribution is -0.123. The molecular weight excluding hydrogens is 252 g/mol. The van der Waals surface area contributed by atoms with Crippen LogP contribution >= 0.6 is 0 Å². The minimum absolute atomic E-state index is 0.00880. The van der Waals surface area contributed by atoms with Gasteiger partial charge in [0.15, 0.2) is 0 Å². The van der Waals surface area contributed by atoms with Crippen molar-refractivity contribution in [1.82, 2.24) is 10.2 Å². The maximum Gasteiger partial charge on any atom is 0.245 e. The van der Waals surface area contributed by atoms with Gasteiger partial charge in [0.2, 0.25) is 5.91 Å². The SMILES string of the molecule is Cc1ccc(OCCCNC/C=C/C(=O)N(C)C)cc1. The lowest BCUT2D eigenvalue weighted by Gasteiger charge is -2.07. The summed E-state index contributed by atoms with van der Waals surface area (Å²) in [4.78, 5) is 12.8. The summed E-state index contributed by atoms with van der Waals surface area (Å²) in [7, 11) is 3.48. The van der Waals surface area contributed by atoms with E-state index in [-0.39, 0.29) is 5.91 Å². The van der Waals surface area contributed by atoms with Gasteiger partial charge in [-0.2, -0.15) is 0 Å². The van der Waals surface area contributed by atoms with Crippen LogP contribution in [0.5, 0.6) is 5.75 Å². The number of nitrogens with zero attached hydrogens (tertiary/aromatic N) is 1. The van der Waals surface area contributed by atoms with Gasteiger partial charge in [0, 0.05) is 26.7 Å². The first-order valence-electron chi connectivity index (χ1n) is 6.87. The van der Waals surface area contributed by atoms with E-state index >= 15 is 0 Å². The molecule has 110 valence electrons. The number of ether oxygens (including phenoxy) is 1. The highest BCUT2D eigenvalue weighted by molar-refractivity contribution is 5.87. The fraction of sp³-hybridized carbons (Fsp3) is 0.438. The average Bonchev–Trinajstić information content (AvgIpc) is 2.43. The molecule has 0 spiro atoms. The van der Waals surface area contributed by atoms with E-state index in [1.54, 1.807) is 25.1 Å². The number of rotatable bonds is 8. The molecule has 0 aliphatic heterocycles. The van der Waals surface area contributed by atoms with Crippen molar-refractivity contribution in [1.29, 1.82) is 0 Å². The molecule has 20 heavy (non-hydrogen) atoms. The van der Waals surface area contributed by atoms with Gasteiger partial charge in [0.05, 0.1) is 6.61 Å². The predicted octanol–water partition coefficient (Wildman–Crippen LogP) is 2.00. The molecule has 1 aromatic carbocycles. The summed E-state index contributed by atoms with van der Waals surface area (Å²) in [5.41, 5.74) is 1.23. The molecule has 1 N–H and O–H groups in total. The second-order valence-corrected chi connectivity index (χ2v) is 4.85. The molecule has 0 fully saturated rings. The highest BCUT2D eigenvalue weighted by Crippen LogP contribution is 2.11. The van der Waals surface area contributed by atoms with Gasteiger partial charge < -0.3 is 15.0 Å². The quantitative estimate of drug-likeness (QED) is 0.583. The van der Waals surface area contributed by atoms with E-state index in [0.717, 1.165) is 18.7 Å². The molecule has 4 heteroatoms. The first-order chi connectivity index (χ1) is 9.59. The van der Waals surface area contributed by atoms with Gasteiger partial charge in [-0.15, -0.1) is 0 Å². The standard InChI is InChI=1S/C16H24N2O2/c1-14-7-9-15(10-8-14)20-13-5-12-17-11-4-6-16(19)18(2)3/h4,6-10,17H,5,11-13H2,1-3H3/b6-4+. The van der Waals surface area contributed by atoms with Gasteiger partial charge in [0.25, 0.3) is 0 Å². The Kier molecular flexibility index (Phi) is 7.43. The van der Waals surface area contributed by atoms with E-state index in [1.165, 1.54) is 5.56 Å². The molecule has 0 heterocycles. The Hall–Kier alpha value is -1.81. The van der Waals surface area contributed by atoms with E-state index in [1.807, 2.05) is 30.3 Å². The van der Waals surface area contributed by atoms with Crippen molar-refractivity contribution in [2.45, 2.75) is 13.3 Å². The predicted molar refractivity (Wildman–Crippen MR) is 82.0 cm³/mol. The van der Waals surface area contributed by atoms with Crippen molar-refractivity contribution in [2.75, 3.05) is 33.8 Å². The molecule has 0 bridgehead atoms. The number of nitrogens with one attached hydrogen (secondary N) is 1. The second-order valence-electron chi connectivity index (χ2n) is 4.85. The maximum atomic E-state index is 11.3. The first-order valence-corrected chi connectivity index (χ1v) is 6.87. The fourth-order valence-electron chi connectivity index (χ4n) is 1.52. The van der Waals surface area contributed by atoms with Crippen molar-refractivity contribution in [3.05, 3.63) is 42.0 Å². The number of likely N-dealkylation sites (N-methyl/N-ethyl adjacent to an activating group) is 1. The van der Waals surface area contributed by atoms with Crippen molar-refractivity contribution in [3.63, 3.8) is 0 Å². The number of carbonyl (C=O) groups excluding carboxylic acids is 1. The Bertz CT molecular complexity index is 425. The lowest BCUT2D eigenvalue weighted by Crippen LogP contribution is -2.20. The molecule has 0 atom stereocenters. The molecule has 1 rings (SSSR count). The Balaban J connectivity index is 2.02. The van der Waals surface area contributed by atoms with Crippen molar-refractivity contribution in [3.8, 4) is 5.75 Å². The average molecular weight is 276 g/mol. The molecule has 4 nitrogen and oxygen atoms in total. The van der Waals surface area contributed by atoms with Crippen molar-refractivity contribution < 1.29 is 9.53 Å². The van der Waals surface area contributed by atoms with Crippen molar-refractivity contribution in [2.24, 2.45) is 0 Å². The third kappa shape index (κ3) is 6.95. The minimum Gasteiger partial charge on any atom is -0.494 e. The highest BCUT2D eigenvalue weighted by atomic mass is 16.5. The third-order valence-corrected chi connectivity index (χ3v) is 2.75. The number of aryl methyl sites for hydroxylation is 1. The first kappa shape index (κ1) is 16.2. The van der Waals surface area contributed by atoms with Crippen LogP contribution in [-0.4, -0.2) is 44.6 Å². The van der Waals surface area contributed by atoms with Crippen LogP contribution in [0.25, 0.3) is 0 Å². The molecule has 0 unspecified atom stereocenters. The van der Waals surface area contributed by atoms with Gasteiger partial charge in [-0.3, -0.25) is 4.79 Å². The molecule has 0 radical (unpaired) electrons. The molecule has 0 aliphatic carbocycles. The zero-order valence-corrected chi connectivity index (χ0v) is 12.6. The van der Waals surface area contributed by atoms with E-state index in [9.17, 15) is 4.79 Å². The summed E-state index contributed by atoms with van der Waals surface area (Å²) < 4.78 is 5.62. The maximum absolute atomic E-state index is 11.3. The van der Waals surface area contributed by atoms with E-state index in [2.05, 4.69) is 12.2 Å². The van der Waals surface area contributed by atoms with Gasteiger partial charge >= 0.3 is 0 Å². The zero-order chi connectivity index (χ0) is 14.8. The molecular formula is C16H24N2O2. The molecule has 0 aromatic heterocycles. The van der Waals surface area contributed by atoms with Crippen molar-refractivity contribution >= 4 is 5.91 Å². The van der Waals surface area contributed by atoms with Crippen LogP contribution in [-0.2, 0) is 4.79 Å². The summed E-state index contributed by atoms with van der Waals surface area (Å²) in [5, 5.41) is 3.24. The number of hydrogen-bond acceptors (Lipinski definition) is 3. The van der Waals surface area contributed by atoms with E-state index in [4.69, 9.17) is 4.74 Å². The summed E-state index contributed by atoms with van der Waals surface area (Å²) in [6.07, 6.45) is 4.35. The van der Waals surface area contributed by atoms with Crippen LogP contribution < -0.4 is 10.1 Å². The minimum atomic E-state index is 0.00880. The largest absolute Gasteiger partial charge is 0.494 e. The van der Waals surface area contributed by atoms with E-state index in [0.29, 0.717) is 13.2 Å². The number of amides is 1. The van der Waals surface area contributed by atoms with Crippen LogP contribution in [0.2, 0.25) is 0 Å². The van der Waals surface area contributed by atoms with Crippen LogP contribution in [0.15, 0.2) is 36.4 Å². The highest BCUT2D eigenvalue weighted by Gasteiger charge is 1.96. The second kappa shape index (κ2) is 9.15. The summed E-state index contributed by atoms with van der Waals surface area (Å²) in [6.45, 7) is 4.31. The van der Waals surface area contributed by atoms with Gasteiger partial charge in [-0.05, 0) is 32.0 Å². The summed E-state index contributed by atoms with van der Waals surface area (Å²) in [6, 6.07) is 8.05. The Labute approximate surface area is 121 Å².